The highest BCUT2D eigenvalue weighted by molar-refractivity contribution is 8.26. The fraction of sp³-hybridized carbons (Fsp3) is 0.357. The highest BCUT2D eigenvalue weighted by atomic mass is 32.2. The zero-order chi connectivity index (χ0) is 27.5. The molecule has 39 heavy (non-hydrogen) atoms. The molecule has 0 radical (unpaired) electrons. The number of piperazine rings is 1. The van der Waals surface area contributed by atoms with Crippen LogP contribution in [0, 0.1) is 6.92 Å². The van der Waals surface area contributed by atoms with Crippen LogP contribution in [0.15, 0.2) is 52.3 Å². The number of aryl methyl sites for hydroxylation is 1. The number of thioether (sulfide) groups is 1. The molecule has 0 N–H and O–H groups in total. The van der Waals surface area contributed by atoms with Crippen molar-refractivity contribution in [2.75, 3.05) is 63.4 Å². The number of hydrogen-bond acceptors (Lipinski definition) is 9. The summed E-state index contributed by atoms with van der Waals surface area (Å²) in [7, 11) is 3.29. The summed E-state index contributed by atoms with van der Waals surface area (Å²) in [5, 5.41) is 0. The molecule has 2 fully saturated rings. The number of anilines is 2. The number of methoxy groups -OCH3 is 2. The molecule has 0 bridgehead atoms. The Morgan fingerprint density at radius 3 is 2.46 bits per heavy atom. The minimum atomic E-state index is -0.207. The van der Waals surface area contributed by atoms with Gasteiger partial charge in [-0.2, -0.15) is 0 Å². The topological polar surface area (TPSA) is 79.6 Å². The summed E-state index contributed by atoms with van der Waals surface area (Å²) in [5.74, 6) is 1.22. The van der Waals surface area contributed by atoms with Crippen molar-refractivity contribution in [3.05, 3.63) is 69.0 Å². The SMILES string of the molecule is COCCCN1C(=O)/C(=C/c2c(N3CCN(c4ccc(OC)cc4)CC3)nc3c(C)cccn3c2=O)SC1=S. The van der Waals surface area contributed by atoms with Gasteiger partial charge < -0.3 is 19.3 Å². The van der Waals surface area contributed by atoms with Gasteiger partial charge in [0, 0.05) is 58.3 Å². The van der Waals surface area contributed by atoms with Crippen LogP contribution in [0.1, 0.15) is 17.5 Å². The maximum Gasteiger partial charge on any atom is 0.267 e. The van der Waals surface area contributed by atoms with Gasteiger partial charge in [-0.25, -0.2) is 4.98 Å². The molecule has 11 heteroatoms. The number of carbonyl (C=O) groups excluding carboxylic acids is 1. The van der Waals surface area contributed by atoms with E-state index in [1.807, 2.05) is 31.2 Å². The van der Waals surface area contributed by atoms with Crippen molar-refractivity contribution in [1.82, 2.24) is 14.3 Å². The van der Waals surface area contributed by atoms with Gasteiger partial charge in [-0.15, -0.1) is 0 Å². The minimum Gasteiger partial charge on any atom is -0.497 e. The average molecular weight is 566 g/mol. The number of hydrogen-bond donors (Lipinski definition) is 0. The third kappa shape index (κ3) is 5.52. The van der Waals surface area contributed by atoms with Gasteiger partial charge in [0.05, 0.1) is 17.6 Å². The Morgan fingerprint density at radius 2 is 1.77 bits per heavy atom. The van der Waals surface area contributed by atoms with E-state index < -0.39 is 0 Å². The first-order valence-electron chi connectivity index (χ1n) is 12.8. The molecule has 0 unspecified atom stereocenters. The molecular weight excluding hydrogens is 534 g/mol. The van der Waals surface area contributed by atoms with Crippen LogP contribution in [0.2, 0.25) is 0 Å². The standard InChI is InChI=1S/C28H31N5O4S2/c1-19-6-4-11-32-24(19)29-25(31-15-13-30(14-16-31)20-7-9-21(37-3)10-8-20)22(26(32)34)18-23-27(35)33(28(38)39-23)12-5-17-36-2/h4,6-11,18H,5,12-17H2,1-3H3/b23-18-. The van der Waals surface area contributed by atoms with Gasteiger partial charge in [0.1, 0.15) is 21.5 Å². The van der Waals surface area contributed by atoms with E-state index >= 15 is 0 Å². The second kappa shape index (κ2) is 11.8. The molecule has 4 heterocycles. The zero-order valence-electron chi connectivity index (χ0n) is 22.3. The lowest BCUT2D eigenvalue weighted by atomic mass is 10.2. The number of amides is 1. The van der Waals surface area contributed by atoms with Gasteiger partial charge in [-0.05, 0) is 55.3 Å². The molecule has 5 rings (SSSR count). The lowest BCUT2D eigenvalue weighted by Gasteiger charge is -2.37. The first-order chi connectivity index (χ1) is 18.9. The lowest BCUT2D eigenvalue weighted by Crippen LogP contribution is -2.47. The largest absolute Gasteiger partial charge is 0.497 e. The molecule has 1 amide bonds. The van der Waals surface area contributed by atoms with Gasteiger partial charge in [-0.3, -0.25) is 18.9 Å². The first-order valence-corrected chi connectivity index (χ1v) is 14.0. The summed E-state index contributed by atoms with van der Waals surface area (Å²) in [6, 6.07) is 11.8. The van der Waals surface area contributed by atoms with Crippen LogP contribution < -0.4 is 20.1 Å². The van der Waals surface area contributed by atoms with E-state index in [9.17, 15) is 9.59 Å². The Labute approximate surface area is 237 Å². The maximum absolute atomic E-state index is 13.8. The minimum absolute atomic E-state index is 0.190. The van der Waals surface area contributed by atoms with E-state index in [1.54, 1.807) is 35.8 Å². The number of rotatable bonds is 8. The molecule has 2 aliphatic heterocycles. The van der Waals surface area contributed by atoms with Crippen molar-refractivity contribution >= 4 is 57.4 Å². The number of ether oxygens (including phenoxy) is 2. The second-order valence-electron chi connectivity index (χ2n) is 9.39. The Bertz CT molecular complexity index is 1480. The molecule has 2 aliphatic rings. The highest BCUT2D eigenvalue weighted by Crippen LogP contribution is 2.34. The fourth-order valence-electron chi connectivity index (χ4n) is 4.83. The third-order valence-corrected chi connectivity index (χ3v) is 8.34. The Hall–Kier alpha value is -3.41. The summed E-state index contributed by atoms with van der Waals surface area (Å²) in [6.45, 7) is 5.85. The van der Waals surface area contributed by atoms with E-state index in [1.165, 1.54) is 11.8 Å². The quantitative estimate of drug-likeness (QED) is 0.231. The predicted molar refractivity (Wildman–Crippen MR) is 160 cm³/mol. The lowest BCUT2D eigenvalue weighted by molar-refractivity contribution is -0.122. The smallest absolute Gasteiger partial charge is 0.267 e. The van der Waals surface area contributed by atoms with E-state index in [0.29, 0.717) is 58.9 Å². The average Bonchev–Trinajstić information content (AvgIpc) is 3.22. The van der Waals surface area contributed by atoms with Crippen LogP contribution in [-0.2, 0) is 9.53 Å². The van der Waals surface area contributed by atoms with E-state index in [2.05, 4.69) is 21.9 Å². The monoisotopic (exact) mass is 565 g/mol. The van der Waals surface area contributed by atoms with E-state index in [-0.39, 0.29) is 11.5 Å². The summed E-state index contributed by atoms with van der Waals surface area (Å²) in [6.07, 6.45) is 4.07. The maximum atomic E-state index is 13.8. The van der Waals surface area contributed by atoms with Crippen LogP contribution in [-0.4, -0.2) is 78.1 Å². The van der Waals surface area contributed by atoms with Crippen molar-refractivity contribution in [3.8, 4) is 5.75 Å². The van der Waals surface area contributed by atoms with Crippen molar-refractivity contribution in [3.63, 3.8) is 0 Å². The van der Waals surface area contributed by atoms with Crippen LogP contribution in [0.25, 0.3) is 11.7 Å². The summed E-state index contributed by atoms with van der Waals surface area (Å²) in [5.41, 5.74) is 2.83. The Kier molecular flexibility index (Phi) is 8.20. The van der Waals surface area contributed by atoms with Crippen LogP contribution in [0.5, 0.6) is 5.75 Å². The Morgan fingerprint density at radius 1 is 1.05 bits per heavy atom. The number of nitrogens with zero attached hydrogens (tertiary/aromatic N) is 5. The third-order valence-electron chi connectivity index (χ3n) is 6.96. The van der Waals surface area contributed by atoms with Gasteiger partial charge in [0.25, 0.3) is 11.5 Å². The molecule has 0 spiro atoms. The molecule has 1 aromatic carbocycles. The number of aromatic nitrogens is 2. The van der Waals surface area contributed by atoms with Crippen LogP contribution in [0.4, 0.5) is 11.5 Å². The molecule has 0 saturated carbocycles. The number of pyridine rings is 1. The van der Waals surface area contributed by atoms with Gasteiger partial charge in [-0.1, -0.05) is 30.0 Å². The van der Waals surface area contributed by atoms with Crippen molar-refractivity contribution in [2.45, 2.75) is 13.3 Å². The molecule has 9 nitrogen and oxygen atoms in total. The molecule has 2 aromatic heterocycles. The number of fused-ring (bicyclic) bond motifs is 1. The van der Waals surface area contributed by atoms with Crippen molar-refractivity contribution < 1.29 is 14.3 Å². The first kappa shape index (κ1) is 27.2. The summed E-state index contributed by atoms with van der Waals surface area (Å²) < 4.78 is 12.4. The highest BCUT2D eigenvalue weighted by Gasteiger charge is 2.33. The van der Waals surface area contributed by atoms with Gasteiger partial charge in [0.15, 0.2) is 0 Å². The molecular formula is C28H31N5O4S2. The van der Waals surface area contributed by atoms with Crippen molar-refractivity contribution in [2.24, 2.45) is 0 Å². The molecule has 0 aliphatic carbocycles. The second-order valence-corrected chi connectivity index (χ2v) is 11.1. The molecule has 0 atom stereocenters. The fourth-order valence-corrected chi connectivity index (χ4v) is 6.12. The van der Waals surface area contributed by atoms with Crippen molar-refractivity contribution in [1.29, 1.82) is 0 Å². The molecule has 204 valence electrons. The van der Waals surface area contributed by atoms with E-state index in [0.717, 1.165) is 30.1 Å². The Balaban J connectivity index is 1.48. The summed E-state index contributed by atoms with van der Waals surface area (Å²) >= 11 is 6.71. The predicted octanol–water partition coefficient (Wildman–Crippen LogP) is 3.58. The normalized spacial score (nSPS) is 17.1. The number of thiocarbonyl (C=S) groups is 1. The number of benzene rings is 1. The molecule has 3 aromatic rings. The molecule has 2 saturated heterocycles. The van der Waals surface area contributed by atoms with Crippen LogP contribution in [0.3, 0.4) is 0 Å². The van der Waals surface area contributed by atoms with E-state index in [4.69, 9.17) is 26.7 Å². The number of carbonyl (C=O) groups is 1. The zero-order valence-corrected chi connectivity index (χ0v) is 23.9. The van der Waals surface area contributed by atoms with Gasteiger partial charge >= 0.3 is 0 Å². The van der Waals surface area contributed by atoms with Gasteiger partial charge in [0.2, 0.25) is 0 Å². The van der Waals surface area contributed by atoms with Crippen LogP contribution >= 0.6 is 24.0 Å². The summed E-state index contributed by atoms with van der Waals surface area (Å²) in [4.78, 5) is 38.5.